The number of carbonyl (C=O) groups is 4. The summed E-state index contributed by atoms with van der Waals surface area (Å²) in [6.45, 7) is 9.07. The molecule has 0 aliphatic rings. The summed E-state index contributed by atoms with van der Waals surface area (Å²) < 4.78 is 15.9. The van der Waals surface area contributed by atoms with Crippen LogP contribution in [0.4, 0.5) is 4.79 Å². The number of rotatable bonds is 14. The Bertz CT molecular complexity index is 1360. The molecular weight excluding hydrogens is 562 g/mol. The lowest BCUT2D eigenvalue weighted by molar-refractivity contribution is -0.130. The predicted molar refractivity (Wildman–Crippen MR) is 166 cm³/mol. The van der Waals surface area contributed by atoms with Gasteiger partial charge in [0.2, 0.25) is 17.6 Å². The van der Waals surface area contributed by atoms with E-state index in [4.69, 9.17) is 13.9 Å². The van der Waals surface area contributed by atoms with E-state index in [1.54, 1.807) is 64.3 Å². The molecule has 3 N–H and O–H groups in total. The summed E-state index contributed by atoms with van der Waals surface area (Å²) in [6, 6.07) is 16.5. The molecule has 10 nitrogen and oxygen atoms in total. The summed E-state index contributed by atoms with van der Waals surface area (Å²) in [5, 5.41) is 8.33. The van der Waals surface area contributed by atoms with Gasteiger partial charge in [0, 0.05) is 12.8 Å². The number of hydrogen-bond donors (Lipinski definition) is 3. The Balaban J connectivity index is 1.87. The number of Topliss-reactive ketones (excluding diaryl/α,β-unsaturated/α-hetero) is 1. The van der Waals surface area contributed by atoms with Crippen LogP contribution in [0, 0.1) is 5.92 Å². The third-order valence-electron chi connectivity index (χ3n) is 6.63. The van der Waals surface area contributed by atoms with E-state index < -0.39 is 41.6 Å². The molecule has 1 heterocycles. The lowest BCUT2D eigenvalue weighted by Crippen LogP contribution is -2.57. The van der Waals surface area contributed by atoms with Gasteiger partial charge in [0.15, 0.2) is 5.76 Å². The maximum atomic E-state index is 13.8. The molecule has 3 rings (SSSR count). The van der Waals surface area contributed by atoms with E-state index in [0.717, 1.165) is 11.1 Å². The topological polar surface area (TPSA) is 136 Å². The molecule has 0 unspecified atom stereocenters. The first-order valence-corrected chi connectivity index (χ1v) is 14.7. The fourth-order valence-corrected chi connectivity index (χ4v) is 4.55. The van der Waals surface area contributed by atoms with Gasteiger partial charge in [-0.1, -0.05) is 56.3 Å². The zero-order valence-corrected chi connectivity index (χ0v) is 26.2. The highest BCUT2D eigenvalue weighted by molar-refractivity contribution is 6.01. The summed E-state index contributed by atoms with van der Waals surface area (Å²) in [7, 11) is 1.56. The average molecular weight is 606 g/mol. The first kappa shape index (κ1) is 33.9. The smallest absolute Gasteiger partial charge is 0.408 e. The van der Waals surface area contributed by atoms with Gasteiger partial charge in [-0.3, -0.25) is 14.4 Å². The Hall–Kier alpha value is -4.60. The van der Waals surface area contributed by atoms with Gasteiger partial charge < -0.3 is 29.8 Å². The van der Waals surface area contributed by atoms with Crippen molar-refractivity contribution in [2.24, 2.45) is 5.92 Å². The Labute approximate surface area is 258 Å². The second kappa shape index (κ2) is 15.7. The molecule has 3 aromatic rings. The first-order valence-electron chi connectivity index (χ1n) is 14.7. The molecule has 2 aromatic carbocycles. The molecule has 1 aromatic heterocycles. The van der Waals surface area contributed by atoms with Crippen molar-refractivity contribution in [3.63, 3.8) is 0 Å². The second-order valence-corrected chi connectivity index (χ2v) is 12.0. The van der Waals surface area contributed by atoms with Gasteiger partial charge in [0.05, 0.1) is 19.4 Å². The van der Waals surface area contributed by atoms with Crippen LogP contribution in [0.25, 0.3) is 0 Å². The number of ketones is 1. The highest BCUT2D eigenvalue weighted by Crippen LogP contribution is 2.16. The molecule has 3 amide bonds. The molecule has 0 spiro atoms. The molecule has 0 saturated carbocycles. The molecule has 10 heteroatoms. The molecule has 0 fully saturated rings. The third kappa shape index (κ3) is 10.9. The molecule has 0 aliphatic heterocycles. The van der Waals surface area contributed by atoms with Crippen molar-refractivity contribution in [3.8, 4) is 5.75 Å². The van der Waals surface area contributed by atoms with E-state index in [1.165, 1.54) is 6.26 Å². The molecule has 236 valence electrons. The maximum Gasteiger partial charge on any atom is 0.408 e. The van der Waals surface area contributed by atoms with Crippen molar-refractivity contribution < 1.29 is 33.1 Å². The van der Waals surface area contributed by atoms with Gasteiger partial charge in [0.1, 0.15) is 23.4 Å². The van der Waals surface area contributed by atoms with Crippen molar-refractivity contribution >= 4 is 23.7 Å². The standard InChI is InChI=1S/C34H43N3O7/c1-22(2)19-26(30(38)29-13-10-18-43-29)35-31(39)27(20-23-11-8-7-9-12-23)36-32(40)28(37-33(41)44-34(3,4)5)21-24-14-16-25(42-6)17-15-24/h7-18,22,26-28H,19-21H2,1-6H3,(H,35,39)(H,36,40)(H,37,41)/t26-,27-,28-/m0/s1. The Kier molecular flexibility index (Phi) is 12.1. The van der Waals surface area contributed by atoms with Crippen LogP contribution >= 0.6 is 0 Å². The van der Waals surface area contributed by atoms with Crippen LogP contribution < -0.4 is 20.7 Å². The SMILES string of the molecule is COc1ccc(C[C@H](NC(=O)OC(C)(C)C)C(=O)N[C@@H](Cc2ccccc2)C(=O)N[C@@H](CC(C)C)C(=O)c2ccco2)cc1. The van der Waals surface area contributed by atoms with Crippen LogP contribution in [0.5, 0.6) is 5.75 Å². The lowest BCUT2D eigenvalue weighted by atomic mass is 9.97. The first-order chi connectivity index (χ1) is 20.8. The van der Waals surface area contributed by atoms with Crippen molar-refractivity contribution in [2.45, 2.75) is 77.6 Å². The molecule has 0 aliphatic carbocycles. The Morgan fingerprint density at radius 3 is 1.84 bits per heavy atom. The zero-order valence-electron chi connectivity index (χ0n) is 26.2. The van der Waals surface area contributed by atoms with E-state index in [1.807, 2.05) is 44.2 Å². The summed E-state index contributed by atoms with van der Waals surface area (Å²) >= 11 is 0. The van der Waals surface area contributed by atoms with Crippen LogP contribution in [-0.4, -0.2) is 54.5 Å². The molecular formula is C34H43N3O7. The van der Waals surface area contributed by atoms with Gasteiger partial charge in [-0.15, -0.1) is 0 Å². The van der Waals surface area contributed by atoms with Gasteiger partial charge in [-0.05, 0) is 68.5 Å². The minimum Gasteiger partial charge on any atom is -0.497 e. The van der Waals surface area contributed by atoms with Crippen molar-refractivity contribution in [3.05, 3.63) is 89.9 Å². The Morgan fingerprint density at radius 2 is 1.32 bits per heavy atom. The van der Waals surface area contributed by atoms with Crippen molar-refractivity contribution in [1.29, 1.82) is 0 Å². The van der Waals surface area contributed by atoms with E-state index in [9.17, 15) is 19.2 Å². The van der Waals surface area contributed by atoms with Crippen LogP contribution in [0.15, 0.2) is 77.4 Å². The predicted octanol–water partition coefficient (Wildman–Crippen LogP) is 4.87. The van der Waals surface area contributed by atoms with Crippen LogP contribution in [-0.2, 0) is 27.2 Å². The third-order valence-corrected chi connectivity index (χ3v) is 6.63. The van der Waals surface area contributed by atoms with Crippen molar-refractivity contribution in [1.82, 2.24) is 16.0 Å². The van der Waals surface area contributed by atoms with E-state index in [-0.39, 0.29) is 30.3 Å². The van der Waals surface area contributed by atoms with Crippen LogP contribution in [0.2, 0.25) is 0 Å². The fraction of sp³-hybridized carbons (Fsp3) is 0.412. The number of hydrogen-bond acceptors (Lipinski definition) is 7. The van der Waals surface area contributed by atoms with E-state index in [0.29, 0.717) is 12.2 Å². The van der Waals surface area contributed by atoms with Gasteiger partial charge in [0.25, 0.3) is 0 Å². The summed E-state index contributed by atoms with van der Waals surface area (Å²) in [4.78, 5) is 53.5. The number of amides is 3. The molecule has 0 bridgehead atoms. The number of methoxy groups -OCH3 is 1. The number of carbonyl (C=O) groups excluding carboxylic acids is 4. The molecule has 0 radical (unpaired) electrons. The largest absolute Gasteiger partial charge is 0.497 e. The molecule has 0 saturated heterocycles. The normalized spacial score (nSPS) is 13.3. The average Bonchev–Trinajstić information content (AvgIpc) is 3.50. The van der Waals surface area contributed by atoms with E-state index >= 15 is 0 Å². The Morgan fingerprint density at radius 1 is 0.750 bits per heavy atom. The number of nitrogens with one attached hydrogen (secondary N) is 3. The number of furan rings is 1. The van der Waals surface area contributed by atoms with Gasteiger partial charge in [-0.25, -0.2) is 4.79 Å². The van der Waals surface area contributed by atoms with Crippen LogP contribution in [0.1, 0.15) is 62.7 Å². The lowest BCUT2D eigenvalue weighted by Gasteiger charge is -2.27. The number of ether oxygens (including phenoxy) is 2. The highest BCUT2D eigenvalue weighted by atomic mass is 16.6. The second-order valence-electron chi connectivity index (χ2n) is 12.0. The summed E-state index contributed by atoms with van der Waals surface area (Å²) in [5.74, 6) is -0.594. The fourth-order valence-electron chi connectivity index (χ4n) is 4.55. The maximum absolute atomic E-state index is 13.8. The number of benzene rings is 2. The number of alkyl carbamates (subject to hydrolysis) is 1. The van der Waals surface area contributed by atoms with E-state index in [2.05, 4.69) is 16.0 Å². The minimum atomic E-state index is -1.07. The zero-order chi connectivity index (χ0) is 32.3. The van der Waals surface area contributed by atoms with Gasteiger partial charge >= 0.3 is 6.09 Å². The summed E-state index contributed by atoms with van der Waals surface area (Å²) in [5.41, 5.74) is 0.775. The van der Waals surface area contributed by atoms with Crippen molar-refractivity contribution in [2.75, 3.05) is 7.11 Å². The summed E-state index contributed by atoms with van der Waals surface area (Å²) in [6.07, 6.45) is 1.29. The quantitative estimate of drug-likeness (QED) is 0.223. The monoisotopic (exact) mass is 605 g/mol. The van der Waals surface area contributed by atoms with Gasteiger partial charge in [-0.2, -0.15) is 0 Å². The highest BCUT2D eigenvalue weighted by Gasteiger charge is 2.32. The van der Waals surface area contributed by atoms with Crippen LogP contribution in [0.3, 0.4) is 0 Å². The molecule has 3 atom stereocenters. The molecule has 44 heavy (non-hydrogen) atoms. The minimum absolute atomic E-state index is 0.0910.